The Morgan fingerprint density at radius 2 is 1.92 bits per heavy atom. The molecule has 2 aromatic rings. The van der Waals surface area contributed by atoms with Crippen LogP contribution < -0.4 is 10.2 Å². The lowest BCUT2D eigenvalue weighted by molar-refractivity contribution is -0.118. The fraction of sp³-hybridized carbons (Fsp3) is 0.250. The third kappa shape index (κ3) is 2.30. The summed E-state index contributed by atoms with van der Waals surface area (Å²) in [4.78, 5) is 14.4. The highest BCUT2D eigenvalue weighted by Gasteiger charge is 2.59. The average Bonchev–Trinajstić information content (AvgIpc) is 2.99. The molecule has 0 aliphatic carbocycles. The Bertz CT molecular complexity index is 906. The lowest BCUT2D eigenvalue weighted by Gasteiger charge is -2.40. The van der Waals surface area contributed by atoms with Crippen LogP contribution in [0.1, 0.15) is 25.0 Å². The first-order valence-electron chi connectivity index (χ1n) is 8.18. The van der Waals surface area contributed by atoms with Crippen LogP contribution in [0.15, 0.2) is 48.5 Å². The second kappa shape index (κ2) is 5.52. The molecule has 1 saturated heterocycles. The van der Waals surface area contributed by atoms with Gasteiger partial charge in [0.1, 0.15) is 5.66 Å². The maximum Gasteiger partial charge on any atom is 0.241 e. The molecule has 5 heteroatoms. The molecular formula is C20H18Cl2N2O. The molecule has 2 aliphatic rings. The van der Waals surface area contributed by atoms with Crippen LogP contribution in [0, 0.1) is 0 Å². The van der Waals surface area contributed by atoms with Crippen LogP contribution in [0.2, 0.25) is 10.0 Å². The number of carbonyl (C=O) groups is 1. The molecule has 1 amide bonds. The number of hydrogen-bond donors (Lipinski definition) is 1. The summed E-state index contributed by atoms with van der Waals surface area (Å²) in [6.45, 7) is 4.66. The van der Waals surface area contributed by atoms with E-state index in [0.29, 0.717) is 16.6 Å². The number of nitrogens with one attached hydrogen (secondary N) is 1. The van der Waals surface area contributed by atoms with E-state index in [1.165, 1.54) is 5.56 Å². The van der Waals surface area contributed by atoms with Crippen molar-refractivity contribution in [1.82, 2.24) is 5.32 Å². The van der Waals surface area contributed by atoms with Crippen LogP contribution in [-0.2, 0) is 10.2 Å². The molecular weight excluding hydrogens is 355 g/mol. The largest absolute Gasteiger partial charge is 0.335 e. The van der Waals surface area contributed by atoms with Crippen LogP contribution in [0.3, 0.4) is 0 Å². The summed E-state index contributed by atoms with van der Waals surface area (Å²) in [5.41, 5.74) is 2.29. The highest BCUT2D eigenvalue weighted by Crippen LogP contribution is 2.52. The van der Waals surface area contributed by atoms with Crippen molar-refractivity contribution in [1.29, 1.82) is 0 Å². The first-order chi connectivity index (χ1) is 11.8. The number of anilines is 1. The number of nitrogens with zero attached hydrogens (tertiary/aromatic N) is 1. The predicted octanol–water partition coefficient (Wildman–Crippen LogP) is 4.63. The maximum absolute atomic E-state index is 12.3. The molecule has 1 atom stereocenters. The Morgan fingerprint density at radius 1 is 1.16 bits per heavy atom. The van der Waals surface area contributed by atoms with Gasteiger partial charge >= 0.3 is 0 Å². The van der Waals surface area contributed by atoms with Crippen molar-refractivity contribution in [2.75, 3.05) is 11.4 Å². The van der Waals surface area contributed by atoms with Crippen molar-refractivity contribution in [3.8, 4) is 0 Å². The molecule has 0 unspecified atom stereocenters. The Balaban J connectivity index is 1.84. The van der Waals surface area contributed by atoms with Crippen molar-refractivity contribution >= 4 is 40.9 Å². The van der Waals surface area contributed by atoms with Gasteiger partial charge in [0.25, 0.3) is 0 Å². The summed E-state index contributed by atoms with van der Waals surface area (Å²) in [5, 5.41) is 4.39. The van der Waals surface area contributed by atoms with E-state index >= 15 is 0 Å². The van der Waals surface area contributed by atoms with Crippen LogP contribution in [-0.4, -0.2) is 18.1 Å². The smallest absolute Gasteiger partial charge is 0.241 e. The van der Waals surface area contributed by atoms with Gasteiger partial charge < -0.3 is 10.2 Å². The maximum atomic E-state index is 12.3. The quantitative estimate of drug-likeness (QED) is 0.833. The van der Waals surface area contributed by atoms with E-state index in [1.807, 2.05) is 36.4 Å². The summed E-state index contributed by atoms with van der Waals surface area (Å²) < 4.78 is 0. The number of carbonyl (C=O) groups excluding carboxylic acids is 1. The molecule has 128 valence electrons. The Kier molecular flexibility index (Phi) is 3.64. The van der Waals surface area contributed by atoms with E-state index in [-0.39, 0.29) is 11.3 Å². The number of benzene rings is 2. The van der Waals surface area contributed by atoms with Crippen molar-refractivity contribution in [3.63, 3.8) is 0 Å². The van der Waals surface area contributed by atoms with Gasteiger partial charge in [-0.05, 0) is 35.4 Å². The number of amides is 1. The van der Waals surface area contributed by atoms with Crippen molar-refractivity contribution in [2.24, 2.45) is 0 Å². The molecule has 0 bridgehead atoms. The van der Waals surface area contributed by atoms with Gasteiger partial charge in [-0.25, -0.2) is 0 Å². The standard InChI is InChI=1S/C20H18Cl2N2O/c1-19(2)15-5-3-4-6-17(15)24-12-18(25)23-20(19,24)10-9-13-7-8-14(21)11-16(13)22/h3-11H,12H2,1-2H3,(H,23,25)/t20-/m0/s1. The molecule has 2 aromatic carbocycles. The van der Waals surface area contributed by atoms with Crippen LogP contribution >= 0.6 is 23.2 Å². The minimum atomic E-state index is -0.614. The van der Waals surface area contributed by atoms with Gasteiger partial charge in [0, 0.05) is 21.1 Å². The topological polar surface area (TPSA) is 32.3 Å². The van der Waals surface area contributed by atoms with Crippen molar-refractivity contribution in [2.45, 2.75) is 24.9 Å². The minimum absolute atomic E-state index is 0.0226. The lowest BCUT2D eigenvalue weighted by Crippen LogP contribution is -2.58. The summed E-state index contributed by atoms with van der Waals surface area (Å²) >= 11 is 12.3. The highest BCUT2D eigenvalue weighted by molar-refractivity contribution is 6.35. The zero-order valence-electron chi connectivity index (χ0n) is 14.0. The van der Waals surface area contributed by atoms with Gasteiger partial charge in [0.15, 0.2) is 0 Å². The van der Waals surface area contributed by atoms with E-state index < -0.39 is 5.66 Å². The highest BCUT2D eigenvalue weighted by atomic mass is 35.5. The van der Waals surface area contributed by atoms with Gasteiger partial charge in [-0.3, -0.25) is 4.79 Å². The Labute approximate surface area is 157 Å². The summed E-state index contributed by atoms with van der Waals surface area (Å²) in [5.74, 6) is 0.0226. The zero-order valence-corrected chi connectivity index (χ0v) is 15.5. The fourth-order valence-corrected chi connectivity index (χ4v) is 4.46. The summed E-state index contributed by atoms with van der Waals surface area (Å²) in [7, 11) is 0. The molecule has 0 saturated carbocycles. The minimum Gasteiger partial charge on any atom is -0.335 e. The number of halogens is 2. The molecule has 0 radical (unpaired) electrons. The first-order valence-corrected chi connectivity index (χ1v) is 8.93. The number of hydrogen-bond acceptors (Lipinski definition) is 2. The normalized spacial score (nSPS) is 23.7. The van der Waals surface area contributed by atoms with E-state index in [9.17, 15) is 4.79 Å². The fourth-order valence-electron chi connectivity index (χ4n) is 3.99. The lowest BCUT2D eigenvalue weighted by atomic mass is 9.75. The molecule has 4 rings (SSSR count). The molecule has 25 heavy (non-hydrogen) atoms. The molecule has 2 aliphatic heterocycles. The van der Waals surface area contributed by atoms with Crippen molar-refractivity contribution in [3.05, 3.63) is 69.7 Å². The Hall–Kier alpha value is -1.97. The molecule has 0 spiro atoms. The third-order valence-electron chi connectivity index (χ3n) is 5.35. The van der Waals surface area contributed by atoms with E-state index in [0.717, 1.165) is 11.3 Å². The monoisotopic (exact) mass is 372 g/mol. The second-order valence-electron chi connectivity index (χ2n) is 7.04. The van der Waals surface area contributed by atoms with Gasteiger partial charge in [-0.1, -0.05) is 67.4 Å². The van der Waals surface area contributed by atoms with Crippen LogP contribution in [0.4, 0.5) is 5.69 Å². The Morgan fingerprint density at radius 3 is 2.68 bits per heavy atom. The second-order valence-corrected chi connectivity index (χ2v) is 7.89. The predicted molar refractivity (Wildman–Crippen MR) is 103 cm³/mol. The van der Waals surface area contributed by atoms with Gasteiger partial charge in [-0.15, -0.1) is 0 Å². The zero-order chi connectivity index (χ0) is 17.8. The molecule has 3 nitrogen and oxygen atoms in total. The van der Waals surface area contributed by atoms with E-state index in [1.54, 1.807) is 6.07 Å². The van der Waals surface area contributed by atoms with Crippen LogP contribution in [0.5, 0.6) is 0 Å². The van der Waals surface area contributed by atoms with E-state index in [4.69, 9.17) is 23.2 Å². The molecule has 0 aromatic heterocycles. The van der Waals surface area contributed by atoms with E-state index in [2.05, 4.69) is 36.2 Å². The van der Waals surface area contributed by atoms with Gasteiger partial charge in [0.2, 0.25) is 5.91 Å². The summed E-state index contributed by atoms with van der Waals surface area (Å²) in [6, 6.07) is 13.7. The first kappa shape index (κ1) is 16.5. The SMILES string of the molecule is CC1(C)c2ccccc2N2CC(=O)N[C@@]21C=Cc1ccc(Cl)cc1Cl. The van der Waals surface area contributed by atoms with Crippen LogP contribution in [0.25, 0.3) is 6.08 Å². The number of fused-ring (bicyclic) bond motifs is 3. The average molecular weight is 373 g/mol. The number of rotatable bonds is 2. The molecule has 1 N–H and O–H groups in total. The molecule has 2 heterocycles. The third-order valence-corrected chi connectivity index (χ3v) is 5.91. The molecule has 1 fully saturated rings. The van der Waals surface area contributed by atoms with Gasteiger partial charge in [0.05, 0.1) is 6.54 Å². The number of para-hydroxylation sites is 1. The van der Waals surface area contributed by atoms with Gasteiger partial charge in [-0.2, -0.15) is 0 Å². The summed E-state index contributed by atoms with van der Waals surface area (Å²) in [6.07, 6.45) is 4.01. The van der Waals surface area contributed by atoms with Crippen molar-refractivity contribution < 1.29 is 4.79 Å².